The number of halogens is 4. The zero-order valence-electron chi connectivity index (χ0n) is 9.97. The molecule has 0 fully saturated rings. The van der Waals surface area contributed by atoms with Crippen LogP contribution in [0.1, 0.15) is 6.42 Å². The van der Waals surface area contributed by atoms with E-state index < -0.39 is 35.8 Å². The molecule has 0 saturated carbocycles. The fourth-order valence-electron chi connectivity index (χ4n) is 1.79. The van der Waals surface area contributed by atoms with Gasteiger partial charge >= 0.3 is 0 Å². The molecule has 0 aromatic heterocycles. The van der Waals surface area contributed by atoms with Crippen LogP contribution in [0.2, 0.25) is 0 Å². The molecule has 1 aliphatic rings. The Kier molecular flexibility index (Phi) is 3.61. The van der Waals surface area contributed by atoms with E-state index in [1.807, 2.05) is 0 Å². The average Bonchev–Trinajstić information content (AvgIpc) is 2.27. The second kappa shape index (κ2) is 4.95. The van der Waals surface area contributed by atoms with E-state index in [9.17, 15) is 17.6 Å². The fourth-order valence-corrected chi connectivity index (χ4v) is 1.79. The number of hydrogen-bond donors (Lipinski definition) is 2. The Bertz CT molecular complexity index is 572. The Balaban J connectivity index is 2.31. The van der Waals surface area contributed by atoms with Crippen LogP contribution in [0.4, 0.5) is 23.2 Å². The fraction of sp³-hybridized carbons (Fsp3) is 0.333. The molecule has 1 unspecified atom stereocenters. The Morgan fingerprint density at radius 3 is 2.40 bits per heavy atom. The van der Waals surface area contributed by atoms with E-state index in [1.54, 1.807) is 0 Å². The van der Waals surface area contributed by atoms with Gasteiger partial charge in [-0.15, -0.1) is 0 Å². The predicted octanol–water partition coefficient (Wildman–Crippen LogP) is 2.85. The largest absolute Gasteiger partial charge is 0.362 e. The summed E-state index contributed by atoms with van der Waals surface area (Å²) in [5.41, 5.74) is -0.319. The summed E-state index contributed by atoms with van der Waals surface area (Å²) in [5.74, 6) is -9.13. The van der Waals surface area contributed by atoms with Crippen molar-refractivity contribution in [1.82, 2.24) is 0 Å². The van der Waals surface area contributed by atoms with Crippen molar-refractivity contribution in [2.24, 2.45) is 10.2 Å². The SMILES string of the molecule is OC1(O)C=C(F)C(N=Nc2ccccc2F)C(F)(F)C1. The molecule has 0 aliphatic heterocycles. The summed E-state index contributed by atoms with van der Waals surface area (Å²) in [6.45, 7) is 0. The summed E-state index contributed by atoms with van der Waals surface area (Å²) in [6.07, 6.45) is -1.19. The van der Waals surface area contributed by atoms with Crippen LogP contribution in [0.25, 0.3) is 0 Å². The molecule has 0 amide bonds. The quantitative estimate of drug-likeness (QED) is 0.499. The van der Waals surface area contributed by atoms with Gasteiger partial charge in [0.1, 0.15) is 11.5 Å². The molecule has 108 valence electrons. The first-order chi connectivity index (χ1) is 9.21. The molecule has 1 aromatic rings. The maximum absolute atomic E-state index is 13.6. The van der Waals surface area contributed by atoms with Gasteiger partial charge in [0.25, 0.3) is 5.92 Å². The lowest BCUT2D eigenvalue weighted by molar-refractivity contribution is -0.189. The minimum atomic E-state index is -3.85. The molecular weight excluding hydrogens is 280 g/mol. The van der Waals surface area contributed by atoms with Gasteiger partial charge in [-0.3, -0.25) is 0 Å². The van der Waals surface area contributed by atoms with Gasteiger partial charge in [0, 0.05) is 6.08 Å². The van der Waals surface area contributed by atoms with Crippen molar-refractivity contribution < 1.29 is 27.8 Å². The summed E-state index contributed by atoms with van der Waals surface area (Å²) in [5, 5.41) is 24.4. The van der Waals surface area contributed by atoms with E-state index in [2.05, 4.69) is 10.2 Å². The normalized spacial score (nSPS) is 24.7. The standard InChI is InChI=1S/C12H10F4N2O2/c13-7-3-1-2-4-9(7)17-18-10-8(14)5-11(19,20)6-12(10,15)16/h1-5,10,19-20H,6H2. The van der Waals surface area contributed by atoms with Crippen LogP contribution < -0.4 is 0 Å². The smallest absolute Gasteiger partial charge is 0.283 e. The summed E-state index contributed by atoms with van der Waals surface area (Å²) in [6, 6.07) is 2.70. The number of nitrogens with zero attached hydrogens (tertiary/aromatic N) is 2. The monoisotopic (exact) mass is 290 g/mol. The van der Waals surface area contributed by atoms with Gasteiger partial charge in [0.2, 0.25) is 0 Å². The van der Waals surface area contributed by atoms with E-state index in [4.69, 9.17) is 10.2 Å². The molecule has 4 nitrogen and oxygen atoms in total. The first-order valence-electron chi connectivity index (χ1n) is 5.57. The van der Waals surface area contributed by atoms with Crippen LogP contribution in [-0.4, -0.2) is 28.0 Å². The molecule has 0 heterocycles. The molecule has 1 aromatic carbocycles. The molecular formula is C12H10F4N2O2. The third-order valence-electron chi connectivity index (χ3n) is 2.66. The van der Waals surface area contributed by atoms with Gasteiger partial charge in [0.15, 0.2) is 17.6 Å². The van der Waals surface area contributed by atoms with E-state index >= 15 is 0 Å². The molecule has 0 radical (unpaired) electrons. The second-order valence-corrected chi connectivity index (χ2v) is 4.41. The lowest BCUT2D eigenvalue weighted by Crippen LogP contribution is -2.46. The zero-order valence-corrected chi connectivity index (χ0v) is 9.97. The zero-order chi connectivity index (χ0) is 15.0. The average molecular weight is 290 g/mol. The van der Waals surface area contributed by atoms with Gasteiger partial charge in [-0.2, -0.15) is 10.2 Å². The first kappa shape index (κ1) is 14.6. The predicted molar refractivity (Wildman–Crippen MR) is 60.6 cm³/mol. The van der Waals surface area contributed by atoms with Crippen molar-refractivity contribution in [2.75, 3.05) is 0 Å². The second-order valence-electron chi connectivity index (χ2n) is 4.41. The molecule has 2 rings (SSSR count). The molecule has 0 saturated heterocycles. The highest BCUT2D eigenvalue weighted by Crippen LogP contribution is 2.40. The minimum absolute atomic E-state index is 0.232. The Morgan fingerprint density at radius 1 is 1.15 bits per heavy atom. The van der Waals surface area contributed by atoms with E-state index in [0.29, 0.717) is 0 Å². The number of benzene rings is 1. The van der Waals surface area contributed by atoms with E-state index in [0.717, 1.165) is 6.07 Å². The Labute approximate surface area is 111 Å². The molecule has 1 aliphatic carbocycles. The van der Waals surface area contributed by atoms with Gasteiger partial charge < -0.3 is 10.2 Å². The van der Waals surface area contributed by atoms with Crippen LogP contribution in [0.15, 0.2) is 46.4 Å². The lowest BCUT2D eigenvalue weighted by atomic mass is 9.93. The van der Waals surface area contributed by atoms with Crippen LogP contribution in [-0.2, 0) is 0 Å². The lowest BCUT2D eigenvalue weighted by Gasteiger charge is -2.32. The number of aliphatic hydroxyl groups is 2. The van der Waals surface area contributed by atoms with Gasteiger partial charge in [-0.05, 0) is 12.1 Å². The van der Waals surface area contributed by atoms with Crippen LogP contribution >= 0.6 is 0 Å². The van der Waals surface area contributed by atoms with E-state index in [-0.39, 0.29) is 11.8 Å². The van der Waals surface area contributed by atoms with Crippen LogP contribution in [0.5, 0.6) is 0 Å². The number of azo groups is 1. The third-order valence-corrected chi connectivity index (χ3v) is 2.66. The van der Waals surface area contributed by atoms with Gasteiger partial charge in [0.05, 0.1) is 6.42 Å². The maximum Gasteiger partial charge on any atom is 0.283 e. The number of hydrogen-bond acceptors (Lipinski definition) is 4. The number of alkyl halides is 2. The highest BCUT2D eigenvalue weighted by Gasteiger charge is 2.52. The molecule has 20 heavy (non-hydrogen) atoms. The van der Waals surface area contributed by atoms with Crippen molar-refractivity contribution in [1.29, 1.82) is 0 Å². The Morgan fingerprint density at radius 2 is 1.80 bits per heavy atom. The maximum atomic E-state index is 13.6. The first-order valence-corrected chi connectivity index (χ1v) is 5.57. The summed E-state index contributed by atoms with van der Waals surface area (Å²) in [7, 11) is 0. The molecule has 8 heteroatoms. The minimum Gasteiger partial charge on any atom is -0.362 e. The molecule has 2 N–H and O–H groups in total. The van der Waals surface area contributed by atoms with Crippen molar-refractivity contribution >= 4 is 5.69 Å². The summed E-state index contributed by atoms with van der Waals surface area (Å²) >= 11 is 0. The third kappa shape index (κ3) is 3.02. The van der Waals surface area contributed by atoms with E-state index in [1.165, 1.54) is 18.2 Å². The summed E-state index contributed by atoms with van der Waals surface area (Å²) in [4.78, 5) is 0. The van der Waals surface area contributed by atoms with Crippen molar-refractivity contribution in [2.45, 2.75) is 24.2 Å². The van der Waals surface area contributed by atoms with Gasteiger partial charge in [-0.1, -0.05) is 12.1 Å². The van der Waals surface area contributed by atoms with Crippen molar-refractivity contribution in [3.8, 4) is 0 Å². The Hall–Kier alpha value is -1.80. The van der Waals surface area contributed by atoms with Crippen molar-refractivity contribution in [3.05, 3.63) is 42.0 Å². The molecule has 1 atom stereocenters. The highest BCUT2D eigenvalue weighted by atomic mass is 19.3. The van der Waals surface area contributed by atoms with Crippen LogP contribution in [0.3, 0.4) is 0 Å². The topological polar surface area (TPSA) is 65.2 Å². The summed E-state index contributed by atoms with van der Waals surface area (Å²) < 4.78 is 53.8. The molecule has 0 bridgehead atoms. The van der Waals surface area contributed by atoms with Gasteiger partial charge in [-0.25, -0.2) is 17.6 Å². The van der Waals surface area contributed by atoms with Crippen molar-refractivity contribution in [3.63, 3.8) is 0 Å². The highest BCUT2D eigenvalue weighted by molar-refractivity contribution is 5.37. The molecule has 0 spiro atoms. The van der Waals surface area contributed by atoms with Crippen LogP contribution in [0, 0.1) is 5.82 Å². The number of rotatable bonds is 2.